The molecule has 1 saturated heterocycles. The molecule has 24 heavy (non-hydrogen) atoms. The highest BCUT2D eigenvalue weighted by atomic mass is 35.5. The Balaban J connectivity index is 1.83. The molecule has 2 aromatic carbocycles. The summed E-state index contributed by atoms with van der Waals surface area (Å²) >= 11 is 6.21. The van der Waals surface area contributed by atoms with E-state index < -0.39 is 0 Å². The molecule has 2 heterocycles. The summed E-state index contributed by atoms with van der Waals surface area (Å²) in [5.74, 6) is 0.416. The van der Waals surface area contributed by atoms with Gasteiger partial charge in [-0.05, 0) is 30.7 Å². The van der Waals surface area contributed by atoms with Gasteiger partial charge in [0.25, 0.3) is 0 Å². The number of halogens is 2. The molecule has 1 aromatic heterocycles. The molecule has 1 fully saturated rings. The van der Waals surface area contributed by atoms with E-state index in [0.29, 0.717) is 30.1 Å². The van der Waals surface area contributed by atoms with E-state index in [2.05, 4.69) is 0 Å². The van der Waals surface area contributed by atoms with Gasteiger partial charge in [0.1, 0.15) is 5.82 Å². The molecular formula is C18H17ClFN3O. The third kappa shape index (κ3) is 2.64. The molecule has 0 saturated carbocycles. The molecular weight excluding hydrogens is 329 g/mol. The number of aromatic nitrogens is 2. The minimum absolute atomic E-state index is 0.300. The fourth-order valence-corrected chi connectivity index (χ4v) is 3.45. The van der Waals surface area contributed by atoms with Gasteiger partial charge in [0.2, 0.25) is 5.95 Å². The minimum Gasteiger partial charge on any atom is -0.391 e. The van der Waals surface area contributed by atoms with Crippen molar-refractivity contribution in [2.45, 2.75) is 19.1 Å². The highest BCUT2D eigenvalue weighted by Crippen LogP contribution is 2.29. The molecule has 0 unspecified atom stereocenters. The van der Waals surface area contributed by atoms with Gasteiger partial charge in [-0.25, -0.2) is 9.37 Å². The monoisotopic (exact) mass is 345 g/mol. The first kappa shape index (κ1) is 15.4. The molecule has 1 atom stereocenters. The molecule has 0 bridgehead atoms. The van der Waals surface area contributed by atoms with Crippen molar-refractivity contribution in [1.82, 2.24) is 9.55 Å². The van der Waals surface area contributed by atoms with Crippen molar-refractivity contribution >= 4 is 28.6 Å². The summed E-state index contributed by atoms with van der Waals surface area (Å²) < 4.78 is 16.2. The molecule has 4 nitrogen and oxygen atoms in total. The fraction of sp³-hybridized carbons (Fsp3) is 0.278. The smallest absolute Gasteiger partial charge is 0.206 e. The predicted octanol–water partition coefficient (Wildman–Crippen LogP) is 3.45. The third-order valence-corrected chi connectivity index (χ3v) is 4.81. The average Bonchev–Trinajstić information content (AvgIpc) is 3.15. The Bertz CT molecular complexity index is 875. The Hall–Kier alpha value is -2.11. The Morgan fingerprint density at radius 2 is 2.04 bits per heavy atom. The van der Waals surface area contributed by atoms with Gasteiger partial charge in [0.15, 0.2) is 0 Å². The van der Waals surface area contributed by atoms with Crippen LogP contribution < -0.4 is 4.90 Å². The molecule has 0 amide bonds. The lowest BCUT2D eigenvalue weighted by molar-refractivity contribution is 0.198. The Labute approximate surface area is 144 Å². The number of fused-ring (bicyclic) bond motifs is 1. The van der Waals surface area contributed by atoms with E-state index >= 15 is 0 Å². The van der Waals surface area contributed by atoms with Gasteiger partial charge in [-0.1, -0.05) is 29.8 Å². The Morgan fingerprint density at radius 1 is 1.21 bits per heavy atom. The first-order chi connectivity index (χ1) is 11.6. The van der Waals surface area contributed by atoms with Crippen molar-refractivity contribution in [3.8, 4) is 0 Å². The number of para-hydroxylation sites is 2. The SMILES string of the molecule is O[C@@H]1CCN(c2nc3ccccc3n2Cc2c(F)cccc2Cl)C1. The van der Waals surface area contributed by atoms with Crippen LogP contribution >= 0.6 is 11.6 Å². The van der Waals surface area contributed by atoms with Crippen LogP contribution in [0.1, 0.15) is 12.0 Å². The number of nitrogens with zero attached hydrogens (tertiary/aromatic N) is 3. The van der Waals surface area contributed by atoms with Crippen molar-refractivity contribution in [3.63, 3.8) is 0 Å². The number of benzene rings is 2. The van der Waals surface area contributed by atoms with E-state index in [1.807, 2.05) is 33.7 Å². The van der Waals surface area contributed by atoms with Gasteiger partial charge in [-0.3, -0.25) is 0 Å². The zero-order valence-electron chi connectivity index (χ0n) is 13.0. The topological polar surface area (TPSA) is 41.3 Å². The summed E-state index contributed by atoms with van der Waals surface area (Å²) in [5, 5.41) is 10.2. The molecule has 3 aromatic rings. The van der Waals surface area contributed by atoms with Crippen LogP contribution in [0.15, 0.2) is 42.5 Å². The predicted molar refractivity (Wildman–Crippen MR) is 93.1 cm³/mol. The van der Waals surface area contributed by atoms with E-state index in [9.17, 15) is 9.50 Å². The van der Waals surface area contributed by atoms with E-state index in [-0.39, 0.29) is 11.9 Å². The first-order valence-electron chi connectivity index (χ1n) is 7.94. The lowest BCUT2D eigenvalue weighted by Gasteiger charge is -2.19. The first-order valence-corrected chi connectivity index (χ1v) is 8.32. The maximum atomic E-state index is 14.2. The number of rotatable bonds is 3. The van der Waals surface area contributed by atoms with Gasteiger partial charge in [-0.2, -0.15) is 0 Å². The lowest BCUT2D eigenvalue weighted by atomic mass is 10.2. The summed E-state index contributed by atoms with van der Waals surface area (Å²) in [5.41, 5.74) is 2.22. The minimum atomic E-state index is -0.352. The van der Waals surface area contributed by atoms with Crippen LogP contribution in [0, 0.1) is 5.82 Å². The van der Waals surface area contributed by atoms with Crippen molar-refractivity contribution in [2.75, 3.05) is 18.0 Å². The van der Waals surface area contributed by atoms with Crippen LogP contribution in [0.2, 0.25) is 5.02 Å². The van der Waals surface area contributed by atoms with Crippen LogP contribution in [0.5, 0.6) is 0 Å². The molecule has 4 rings (SSSR count). The number of aliphatic hydroxyl groups excluding tert-OH is 1. The number of β-amino-alcohol motifs (C(OH)–C–C–N with tert-alkyl or cyclic N) is 1. The molecule has 124 valence electrons. The van der Waals surface area contributed by atoms with E-state index in [0.717, 1.165) is 23.5 Å². The van der Waals surface area contributed by atoms with Crippen LogP contribution in [0.4, 0.5) is 10.3 Å². The lowest BCUT2D eigenvalue weighted by Crippen LogP contribution is -2.25. The summed E-state index contributed by atoms with van der Waals surface area (Å²) in [6, 6.07) is 12.5. The molecule has 0 radical (unpaired) electrons. The van der Waals surface area contributed by atoms with Gasteiger partial charge >= 0.3 is 0 Å². The van der Waals surface area contributed by atoms with Crippen molar-refractivity contribution < 1.29 is 9.50 Å². The number of aliphatic hydroxyl groups is 1. The number of anilines is 1. The largest absolute Gasteiger partial charge is 0.391 e. The highest BCUT2D eigenvalue weighted by molar-refractivity contribution is 6.31. The Morgan fingerprint density at radius 3 is 2.79 bits per heavy atom. The normalized spacial score (nSPS) is 17.8. The molecule has 0 aliphatic carbocycles. The van der Waals surface area contributed by atoms with Crippen LogP contribution in [0.25, 0.3) is 11.0 Å². The van der Waals surface area contributed by atoms with E-state index in [1.54, 1.807) is 12.1 Å². The zero-order chi connectivity index (χ0) is 16.7. The van der Waals surface area contributed by atoms with Crippen molar-refractivity contribution in [2.24, 2.45) is 0 Å². The summed E-state index contributed by atoms with van der Waals surface area (Å²) in [7, 11) is 0. The highest BCUT2D eigenvalue weighted by Gasteiger charge is 2.25. The molecule has 6 heteroatoms. The maximum absolute atomic E-state index is 14.2. The molecule has 1 aliphatic heterocycles. The summed E-state index contributed by atoms with van der Waals surface area (Å²) in [4.78, 5) is 6.74. The number of hydrogen-bond acceptors (Lipinski definition) is 3. The van der Waals surface area contributed by atoms with E-state index in [4.69, 9.17) is 16.6 Å². The van der Waals surface area contributed by atoms with Crippen molar-refractivity contribution in [1.29, 1.82) is 0 Å². The average molecular weight is 346 g/mol. The van der Waals surface area contributed by atoms with Gasteiger partial charge in [0, 0.05) is 23.7 Å². The molecule has 1 N–H and O–H groups in total. The van der Waals surface area contributed by atoms with Gasteiger partial charge < -0.3 is 14.6 Å². The van der Waals surface area contributed by atoms with Crippen molar-refractivity contribution in [3.05, 3.63) is 58.9 Å². The molecule has 0 spiro atoms. The quantitative estimate of drug-likeness (QED) is 0.790. The zero-order valence-corrected chi connectivity index (χ0v) is 13.7. The third-order valence-electron chi connectivity index (χ3n) is 4.46. The second-order valence-corrected chi connectivity index (χ2v) is 6.48. The van der Waals surface area contributed by atoms with E-state index in [1.165, 1.54) is 6.07 Å². The second-order valence-electron chi connectivity index (χ2n) is 6.08. The van der Waals surface area contributed by atoms with Crippen LogP contribution in [-0.2, 0) is 6.54 Å². The second kappa shape index (κ2) is 6.07. The van der Waals surface area contributed by atoms with Gasteiger partial charge in [0.05, 0.1) is 23.7 Å². The number of imidazole rings is 1. The summed E-state index contributed by atoms with van der Waals surface area (Å²) in [6.45, 7) is 1.57. The Kier molecular flexibility index (Phi) is 3.90. The standard InChI is InChI=1S/C18H17ClFN3O/c19-14-4-3-5-15(20)13(14)11-23-17-7-2-1-6-16(17)21-18(23)22-9-8-12(24)10-22/h1-7,12,24H,8-11H2/t12-/m1/s1. The van der Waals surface area contributed by atoms with Gasteiger partial charge in [-0.15, -0.1) is 0 Å². The fourth-order valence-electron chi connectivity index (χ4n) is 3.23. The molecule has 1 aliphatic rings. The van der Waals surface area contributed by atoms with Crippen LogP contribution in [-0.4, -0.2) is 33.9 Å². The van der Waals surface area contributed by atoms with Crippen LogP contribution in [0.3, 0.4) is 0 Å². The summed E-state index contributed by atoms with van der Waals surface area (Å²) in [6.07, 6.45) is 0.360. The number of hydrogen-bond donors (Lipinski definition) is 1. The maximum Gasteiger partial charge on any atom is 0.206 e.